The standard InChI is InChI=1S/C28H22Si.2CH2O2.Ti/c1-29(2,27-15-7-13-23-21-11-5-3-9-19(21)17-25(23)27)28-16-8-14-24-22-12-6-4-10-20(22)18-26(24)28;2*2-1-3;/h3-18H,1-2H3;2*1H,(H,2,3);/q-2;;;+2. The molecule has 6 heteroatoms. The predicted octanol–water partition coefficient (Wildman–Crippen LogP) is 5.96. The van der Waals surface area contributed by atoms with Crippen LogP contribution in [0.15, 0.2) is 97.1 Å². The van der Waals surface area contributed by atoms with Gasteiger partial charge in [-0.2, -0.15) is 0 Å². The van der Waals surface area contributed by atoms with Crippen molar-refractivity contribution in [1.82, 2.24) is 0 Å². The van der Waals surface area contributed by atoms with Gasteiger partial charge in [0.1, 0.15) is 0 Å². The van der Waals surface area contributed by atoms with Gasteiger partial charge in [-0.1, -0.05) is 85.9 Å². The molecule has 6 aromatic rings. The largest absolute Gasteiger partial charge is 2.00 e. The van der Waals surface area contributed by atoms with E-state index in [0.717, 1.165) is 0 Å². The third-order valence-corrected chi connectivity index (χ3v) is 10.2. The fraction of sp³-hybridized carbons (Fsp3) is 0.0667. The second-order valence-corrected chi connectivity index (χ2v) is 13.2. The van der Waals surface area contributed by atoms with E-state index < -0.39 is 8.07 Å². The number of fused-ring (bicyclic) bond motifs is 6. The van der Waals surface area contributed by atoms with Crippen LogP contribution in [0.4, 0.5) is 0 Å². The molecule has 0 aliphatic heterocycles. The average Bonchev–Trinajstić information content (AvgIpc) is 3.43. The van der Waals surface area contributed by atoms with Crippen molar-refractivity contribution in [3.05, 3.63) is 97.1 Å². The van der Waals surface area contributed by atoms with Crippen molar-refractivity contribution in [2.45, 2.75) is 13.1 Å². The summed E-state index contributed by atoms with van der Waals surface area (Å²) < 4.78 is 0. The summed E-state index contributed by atoms with van der Waals surface area (Å²) >= 11 is 0. The summed E-state index contributed by atoms with van der Waals surface area (Å²) in [5, 5.41) is 27.9. The van der Waals surface area contributed by atoms with Gasteiger partial charge in [0.05, 0.1) is 0 Å². The Balaban J connectivity index is 0.000000473. The minimum atomic E-state index is -1.91. The summed E-state index contributed by atoms with van der Waals surface area (Å²) in [6, 6.07) is 36.1. The number of carbonyl (C=O) groups is 2. The van der Waals surface area contributed by atoms with E-state index in [-0.39, 0.29) is 34.7 Å². The average molecular weight is 526 g/mol. The summed E-state index contributed by atoms with van der Waals surface area (Å²) in [5.74, 6) is 0. The Labute approximate surface area is 225 Å². The zero-order valence-electron chi connectivity index (χ0n) is 20.1. The summed E-state index contributed by atoms with van der Waals surface area (Å²) in [6.07, 6.45) is 0. The molecule has 0 saturated carbocycles. The van der Waals surface area contributed by atoms with Gasteiger partial charge < -0.3 is 10.2 Å². The van der Waals surface area contributed by atoms with Crippen LogP contribution in [0, 0.1) is 0 Å². The van der Waals surface area contributed by atoms with Crippen LogP contribution in [-0.2, 0) is 31.3 Å². The zero-order valence-corrected chi connectivity index (χ0v) is 22.7. The van der Waals surface area contributed by atoms with E-state index in [4.69, 9.17) is 19.8 Å². The number of carboxylic acid groups (broad SMARTS) is 2. The van der Waals surface area contributed by atoms with E-state index in [2.05, 4.69) is 110 Å². The van der Waals surface area contributed by atoms with Crippen LogP contribution >= 0.6 is 0 Å². The normalized spacial score (nSPS) is 10.7. The van der Waals surface area contributed by atoms with Crippen LogP contribution in [0.1, 0.15) is 0 Å². The van der Waals surface area contributed by atoms with E-state index in [1.165, 1.54) is 53.5 Å². The van der Waals surface area contributed by atoms with Crippen molar-refractivity contribution in [2.75, 3.05) is 0 Å². The Kier molecular flexibility index (Phi) is 8.64. The van der Waals surface area contributed by atoms with E-state index in [0.29, 0.717) is 0 Å². The maximum atomic E-state index is 8.36. The molecule has 0 bridgehead atoms. The molecule has 0 aliphatic rings. The van der Waals surface area contributed by atoms with Gasteiger partial charge in [0, 0.05) is 8.07 Å². The van der Waals surface area contributed by atoms with Crippen LogP contribution in [-0.4, -0.2) is 31.2 Å². The van der Waals surface area contributed by atoms with Gasteiger partial charge in [0.2, 0.25) is 0 Å². The molecule has 6 rings (SSSR count). The Morgan fingerprint density at radius 3 is 1.31 bits per heavy atom. The monoisotopic (exact) mass is 526 g/mol. The zero-order chi connectivity index (χ0) is 25.0. The number of hydrogen-bond donors (Lipinski definition) is 2. The van der Waals surface area contributed by atoms with Crippen molar-refractivity contribution < 1.29 is 41.5 Å². The molecule has 6 aromatic carbocycles. The topological polar surface area (TPSA) is 74.6 Å². The Bertz CT molecular complexity index is 1520. The maximum Gasteiger partial charge on any atom is 2.00 e. The van der Waals surface area contributed by atoms with E-state index in [1.54, 1.807) is 0 Å². The first-order valence-corrected chi connectivity index (χ1v) is 14.3. The Morgan fingerprint density at radius 2 is 0.917 bits per heavy atom. The van der Waals surface area contributed by atoms with Crippen LogP contribution in [0.25, 0.3) is 43.1 Å². The summed E-state index contributed by atoms with van der Waals surface area (Å²) in [7, 11) is -1.91. The predicted molar refractivity (Wildman–Crippen MR) is 148 cm³/mol. The molecular weight excluding hydrogens is 500 g/mol. The molecule has 4 nitrogen and oxygen atoms in total. The fourth-order valence-corrected chi connectivity index (χ4v) is 8.27. The second-order valence-electron chi connectivity index (χ2n) is 8.83. The fourth-order valence-electron chi connectivity index (χ4n) is 5.19. The van der Waals surface area contributed by atoms with E-state index >= 15 is 0 Å². The Morgan fingerprint density at radius 1 is 0.583 bits per heavy atom. The molecule has 0 aromatic heterocycles. The molecule has 36 heavy (non-hydrogen) atoms. The number of hydrogen-bond acceptors (Lipinski definition) is 2. The summed E-state index contributed by atoms with van der Waals surface area (Å²) in [4.78, 5) is 16.7. The van der Waals surface area contributed by atoms with Gasteiger partial charge in [-0.25, -0.2) is 0 Å². The molecular formula is C30H26O4SiTi. The van der Waals surface area contributed by atoms with Crippen molar-refractivity contribution >= 4 is 74.5 Å². The van der Waals surface area contributed by atoms with Crippen LogP contribution in [0.3, 0.4) is 0 Å². The SMILES string of the molecule is C[Si](C)(c1cccc2c1[cH-]c1ccccc12)c1cccc2c1[cH-]c1ccccc12.O=CO.O=CO.[Ti+2]. The quantitative estimate of drug-likeness (QED) is 0.166. The summed E-state index contributed by atoms with van der Waals surface area (Å²) in [5.41, 5.74) is 0. The second kappa shape index (κ2) is 11.5. The van der Waals surface area contributed by atoms with E-state index in [9.17, 15) is 0 Å². The third kappa shape index (κ3) is 4.78. The van der Waals surface area contributed by atoms with Crippen molar-refractivity contribution in [3.8, 4) is 0 Å². The van der Waals surface area contributed by atoms with Crippen LogP contribution in [0.2, 0.25) is 13.1 Å². The van der Waals surface area contributed by atoms with Gasteiger partial charge >= 0.3 is 21.7 Å². The van der Waals surface area contributed by atoms with Gasteiger partial charge in [0.25, 0.3) is 12.9 Å². The molecule has 0 fully saturated rings. The number of benzene rings is 4. The maximum absolute atomic E-state index is 8.36. The first-order valence-electron chi connectivity index (χ1n) is 11.3. The van der Waals surface area contributed by atoms with E-state index in [1.807, 2.05) is 0 Å². The minimum absolute atomic E-state index is 0. The molecule has 0 heterocycles. The molecule has 2 N–H and O–H groups in total. The molecule has 0 radical (unpaired) electrons. The minimum Gasteiger partial charge on any atom is -0.483 e. The Hall–Kier alpha value is -3.51. The molecule has 0 spiro atoms. The molecule has 0 unspecified atom stereocenters. The van der Waals surface area contributed by atoms with Crippen LogP contribution in [0.5, 0.6) is 0 Å². The smallest absolute Gasteiger partial charge is 0.483 e. The molecule has 178 valence electrons. The van der Waals surface area contributed by atoms with Crippen LogP contribution < -0.4 is 10.4 Å². The molecule has 0 amide bonds. The van der Waals surface area contributed by atoms with Gasteiger partial charge in [0.15, 0.2) is 0 Å². The first kappa shape index (κ1) is 27.1. The van der Waals surface area contributed by atoms with Crippen molar-refractivity contribution in [3.63, 3.8) is 0 Å². The molecule has 0 atom stereocenters. The third-order valence-electron chi connectivity index (χ3n) is 6.66. The molecule has 0 saturated heterocycles. The van der Waals surface area contributed by atoms with Gasteiger partial charge in [-0.15, -0.1) is 77.7 Å². The van der Waals surface area contributed by atoms with Gasteiger partial charge in [-0.3, -0.25) is 9.59 Å². The molecule has 0 aliphatic carbocycles. The number of rotatable bonds is 2. The van der Waals surface area contributed by atoms with Crippen molar-refractivity contribution in [2.24, 2.45) is 0 Å². The van der Waals surface area contributed by atoms with Gasteiger partial charge in [-0.05, 0) is 0 Å². The van der Waals surface area contributed by atoms with Crippen molar-refractivity contribution in [1.29, 1.82) is 0 Å². The summed E-state index contributed by atoms with van der Waals surface area (Å²) in [6.45, 7) is 4.51. The first-order chi connectivity index (χ1) is 17.0.